The summed E-state index contributed by atoms with van der Waals surface area (Å²) in [5.41, 5.74) is 8.63. The first kappa shape index (κ1) is 20.0. The van der Waals surface area contributed by atoms with Gasteiger partial charge < -0.3 is 15.8 Å². The van der Waals surface area contributed by atoms with E-state index in [0.717, 1.165) is 22.6 Å². The Morgan fingerprint density at radius 1 is 1.17 bits per heavy atom. The molecule has 2 aromatic rings. The monoisotopic (exact) mass is 348 g/mol. The highest BCUT2D eigenvalue weighted by Crippen LogP contribution is 2.23. The fourth-order valence-electron chi connectivity index (χ4n) is 2.09. The van der Waals surface area contributed by atoms with Crippen LogP contribution in [0, 0.1) is 12.8 Å². The highest BCUT2D eigenvalue weighted by molar-refractivity contribution is 5.93. The van der Waals surface area contributed by atoms with Gasteiger partial charge in [0.05, 0.1) is 5.92 Å². The SMILES string of the molecule is Cc1cc(OCc2ccccc2)ccc1NC(=O)C(C)C(C)N.Cl. The van der Waals surface area contributed by atoms with Gasteiger partial charge in [0.15, 0.2) is 0 Å². The van der Waals surface area contributed by atoms with Crippen LogP contribution in [-0.4, -0.2) is 11.9 Å². The maximum Gasteiger partial charge on any atom is 0.228 e. The van der Waals surface area contributed by atoms with E-state index in [1.165, 1.54) is 0 Å². The molecule has 24 heavy (non-hydrogen) atoms. The summed E-state index contributed by atoms with van der Waals surface area (Å²) in [6.07, 6.45) is 0. The smallest absolute Gasteiger partial charge is 0.228 e. The van der Waals surface area contributed by atoms with Crippen molar-refractivity contribution in [3.05, 3.63) is 59.7 Å². The van der Waals surface area contributed by atoms with E-state index >= 15 is 0 Å². The fourth-order valence-corrected chi connectivity index (χ4v) is 2.09. The first-order valence-corrected chi connectivity index (χ1v) is 7.81. The molecule has 0 aromatic heterocycles. The minimum Gasteiger partial charge on any atom is -0.489 e. The molecule has 0 bridgehead atoms. The van der Waals surface area contributed by atoms with E-state index in [4.69, 9.17) is 10.5 Å². The van der Waals surface area contributed by atoms with Crippen LogP contribution in [0.2, 0.25) is 0 Å². The number of amides is 1. The van der Waals surface area contributed by atoms with Crippen molar-refractivity contribution in [1.82, 2.24) is 0 Å². The van der Waals surface area contributed by atoms with Gasteiger partial charge in [-0.25, -0.2) is 0 Å². The molecule has 0 aliphatic rings. The third kappa shape index (κ3) is 5.55. The molecule has 0 saturated heterocycles. The van der Waals surface area contributed by atoms with Crippen LogP contribution in [0.3, 0.4) is 0 Å². The van der Waals surface area contributed by atoms with Crippen LogP contribution in [0.15, 0.2) is 48.5 Å². The predicted molar refractivity (Wildman–Crippen MR) is 101 cm³/mol. The van der Waals surface area contributed by atoms with Crippen LogP contribution in [0.5, 0.6) is 5.75 Å². The number of halogens is 1. The van der Waals surface area contributed by atoms with E-state index in [0.29, 0.717) is 6.61 Å². The molecule has 4 nitrogen and oxygen atoms in total. The molecule has 0 saturated carbocycles. The lowest BCUT2D eigenvalue weighted by molar-refractivity contribution is -0.119. The zero-order valence-electron chi connectivity index (χ0n) is 14.3. The van der Waals surface area contributed by atoms with Gasteiger partial charge in [0.1, 0.15) is 12.4 Å². The van der Waals surface area contributed by atoms with E-state index in [-0.39, 0.29) is 30.3 Å². The zero-order valence-corrected chi connectivity index (χ0v) is 15.1. The number of rotatable bonds is 6. The molecule has 3 N–H and O–H groups in total. The summed E-state index contributed by atoms with van der Waals surface area (Å²) in [7, 11) is 0. The summed E-state index contributed by atoms with van der Waals surface area (Å²) in [6, 6.07) is 15.5. The Labute approximate surface area is 149 Å². The number of nitrogens with one attached hydrogen (secondary N) is 1. The molecule has 0 aliphatic heterocycles. The number of ether oxygens (including phenoxy) is 1. The zero-order chi connectivity index (χ0) is 16.8. The van der Waals surface area contributed by atoms with Gasteiger partial charge in [-0.3, -0.25) is 4.79 Å². The molecule has 0 fully saturated rings. The van der Waals surface area contributed by atoms with Crippen molar-refractivity contribution < 1.29 is 9.53 Å². The molecule has 0 heterocycles. The molecular formula is C19H25ClN2O2. The van der Waals surface area contributed by atoms with Gasteiger partial charge in [-0.15, -0.1) is 12.4 Å². The molecule has 130 valence electrons. The topological polar surface area (TPSA) is 64.3 Å². The molecule has 2 rings (SSSR count). The Kier molecular flexibility index (Phi) is 7.75. The van der Waals surface area contributed by atoms with Crippen molar-refractivity contribution in [2.45, 2.75) is 33.4 Å². The first-order chi connectivity index (χ1) is 11.0. The fraction of sp³-hybridized carbons (Fsp3) is 0.316. The van der Waals surface area contributed by atoms with Crippen LogP contribution in [0.25, 0.3) is 0 Å². The molecule has 5 heteroatoms. The average Bonchev–Trinajstić information content (AvgIpc) is 2.55. The van der Waals surface area contributed by atoms with Crippen LogP contribution in [-0.2, 0) is 11.4 Å². The van der Waals surface area contributed by atoms with Gasteiger partial charge in [-0.2, -0.15) is 0 Å². The van der Waals surface area contributed by atoms with E-state index in [2.05, 4.69) is 5.32 Å². The van der Waals surface area contributed by atoms with Gasteiger partial charge in [0.2, 0.25) is 5.91 Å². The molecule has 0 spiro atoms. The van der Waals surface area contributed by atoms with Gasteiger partial charge in [-0.1, -0.05) is 37.3 Å². The van der Waals surface area contributed by atoms with Gasteiger partial charge in [0.25, 0.3) is 0 Å². The van der Waals surface area contributed by atoms with Crippen molar-refractivity contribution >= 4 is 24.0 Å². The third-order valence-corrected chi connectivity index (χ3v) is 3.91. The highest BCUT2D eigenvalue weighted by Gasteiger charge is 2.17. The molecule has 2 unspecified atom stereocenters. The summed E-state index contributed by atoms with van der Waals surface area (Å²) in [5.74, 6) is 0.481. The van der Waals surface area contributed by atoms with E-state index < -0.39 is 0 Å². The molecular weight excluding hydrogens is 324 g/mol. The number of carbonyl (C=O) groups excluding carboxylic acids is 1. The molecule has 0 radical (unpaired) electrons. The second-order valence-corrected chi connectivity index (χ2v) is 5.89. The van der Waals surface area contributed by atoms with Crippen LogP contribution in [0.1, 0.15) is 25.0 Å². The standard InChI is InChI=1S/C19H24N2O2.ClH/c1-13-11-17(23-12-16-7-5-4-6-8-16)9-10-18(13)21-19(22)14(2)15(3)20;/h4-11,14-15H,12,20H2,1-3H3,(H,21,22);1H. The van der Waals surface area contributed by atoms with Crippen molar-refractivity contribution in [3.63, 3.8) is 0 Å². The number of anilines is 1. The lowest BCUT2D eigenvalue weighted by Gasteiger charge is -2.17. The van der Waals surface area contributed by atoms with Gasteiger partial charge >= 0.3 is 0 Å². The quantitative estimate of drug-likeness (QED) is 0.831. The Hall–Kier alpha value is -2.04. The van der Waals surface area contributed by atoms with Crippen molar-refractivity contribution in [2.75, 3.05) is 5.32 Å². The van der Waals surface area contributed by atoms with Gasteiger partial charge in [0, 0.05) is 11.7 Å². The van der Waals surface area contributed by atoms with Gasteiger partial charge in [-0.05, 0) is 43.2 Å². The maximum atomic E-state index is 12.1. The second-order valence-electron chi connectivity index (χ2n) is 5.89. The first-order valence-electron chi connectivity index (χ1n) is 7.81. The number of carbonyl (C=O) groups is 1. The third-order valence-electron chi connectivity index (χ3n) is 3.91. The summed E-state index contributed by atoms with van der Waals surface area (Å²) in [4.78, 5) is 12.1. The predicted octanol–water partition coefficient (Wildman–Crippen LogP) is 3.92. The normalized spacial score (nSPS) is 12.7. The maximum absolute atomic E-state index is 12.1. The van der Waals surface area contributed by atoms with E-state index in [9.17, 15) is 4.79 Å². The summed E-state index contributed by atoms with van der Waals surface area (Å²) in [6.45, 7) is 6.12. The number of hydrogen-bond donors (Lipinski definition) is 2. The van der Waals surface area contributed by atoms with Crippen molar-refractivity contribution in [3.8, 4) is 5.75 Å². The van der Waals surface area contributed by atoms with E-state index in [1.54, 1.807) is 0 Å². The number of benzene rings is 2. The Morgan fingerprint density at radius 2 is 1.83 bits per heavy atom. The lowest BCUT2D eigenvalue weighted by atomic mass is 10.0. The molecule has 2 aromatic carbocycles. The summed E-state index contributed by atoms with van der Waals surface area (Å²) < 4.78 is 5.79. The van der Waals surface area contributed by atoms with Crippen LogP contribution in [0.4, 0.5) is 5.69 Å². The molecule has 1 amide bonds. The molecule has 2 atom stereocenters. The van der Waals surface area contributed by atoms with Crippen molar-refractivity contribution in [2.24, 2.45) is 11.7 Å². The van der Waals surface area contributed by atoms with Crippen LogP contribution < -0.4 is 15.8 Å². The Bertz CT molecular complexity index is 660. The minimum absolute atomic E-state index is 0. The lowest BCUT2D eigenvalue weighted by Crippen LogP contribution is -2.34. The molecule has 0 aliphatic carbocycles. The minimum atomic E-state index is -0.233. The number of aryl methyl sites for hydroxylation is 1. The average molecular weight is 349 g/mol. The summed E-state index contributed by atoms with van der Waals surface area (Å²) in [5, 5.41) is 2.92. The van der Waals surface area contributed by atoms with Crippen LogP contribution >= 0.6 is 12.4 Å². The highest BCUT2D eigenvalue weighted by atomic mass is 35.5. The number of hydrogen-bond acceptors (Lipinski definition) is 3. The number of nitrogens with two attached hydrogens (primary N) is 1. The summed E-state index contributed by atoms with van der Waals surface area (Å²) >= 11 is 0. The Balaban J connectivity index is 0.00000288. The van der Waals surface area contributed by atoms with Crippen molar-refractivity contribution in [1.29, 1.82) is 0 Å². The second kappa shape index (κ2) is 9.30. The largest absolute Gasteiger partial charge is 0.489 e. The van der Waals surface area contributed by atoms with E-state index in [1.807, 2.05) is 69.3 Å². The Morgan fingerprint density at radius 3 is 2.42 bits per heavy atom.